The van der Waals surface area contributed by atoms with Crippen molar-refractivity contribution >= 4 is 23.2 Å². The standard InChI is InChI=1S/C23H21ClF3NO4/c1-12(2)16-10-17(24)13(3)8-20(16)30-11-15-5-7-19(31-15)22(29)28-18-6-4-14(25)9-21(18)32-23(26)27/h4-10,12,23H,11H2,1-3H3,(H,28,29). The molecule has 0 spiro atoms. The van der Waals surface area contributed by atoms with Gasteiger partial charge in [-0.25, -0.2) is 4.39 Å². The largest absolute Gasteiger partial charge is 0.485 e. The molecule has 5 nitrogen and oxygen atoms in total. The van der Waals surface area contributed by atoms with Gasteiger partial charge in [0.15, 0.2) is 11.5 Å². The Hall–Kier alpha value is -3.13. The van der Waals surface area contributed by atoms with Gasteiger partial charge in [-0.1, -0.05) is 25.4 Å². The zero-order valence-electron chi connectivity index (χ0n) is 17.5. The van der Waals surface area contributed by atoms with Crippen molar-refractivity contribution in [2.75, 3.05) is 5.32 Å². The molecular formula is C23H21ClF3NO4. The Morgan fingerprint density at radius 2 is 1.88 bits per heavy atom. The molecule has 3 aromatic rings. The van der Waals surface area contributed by atoms with Gasteiger partial charge in [-0.05, 0) is 60.4 Å². The van der Waals surface area contributed by atoms with Crippen LogP contribution >= 0.6 is 11.6 Å². The minimum atomic E-state index is -3.17. The number of nitrogens with one attached hydrogen (secondary N) is 1. The monoisotopic (exact) mass is 467 g/mol. The summed E-state index contributed by atoms with van der Waals surface area (Å²) >= 11 is 6.21. The summed E-state index contributed by atoms with van der Waals surface area (Å²) in [5.41, 5.74) is 1.68. The highest BCUT2D eigenvalue weighted by Crippen LogP contribution is 2.33. The number of carbonyl (C=O) groups excluding carboxylic acids is 1. The predicted molar refractivity (Wildman–Crippen MR) is 114 cm³/mol. The number of halogens is 4. The van der Waals surface area contributed by atoms with E-state index in [0.29, 0.717) is 16.5 Å². The molecular weight excluding hydrogens is 447 g/mol. The van der Waals surface area contributed by atoms with Gasteiger partial charge in [-0.15, -0.1) is 0 Å². The van der Waals surface area contributed by atoms with Crippen LogP contribution in [0.3, 0.4) is 0 Å². The van der Waals surface area contributed by atoms with Crippen molar-refractivity contribution in [2.45, 2.75) is 39.9 Å². The van der Waals surface area contributed by atoms with Crippen molar-refractivity contribution in [3.05, 3.63) is 76.0 Å². The molecule has 0 unspecified atom stereocenters. The zero-order chi connectivity index (χ0) is 23.4. The summed E-state index contributed by atoms with van der Waals surface area (Å²) in [6, 6.07) is 9.57. The van der Waals surface area contributed by atoms with E-state index < -0.39 is 24.1 Å². The summed E-state index contributed by atoms with van der Waals surface area (Å²) < 4.78 is 54.1. The first kappa shape index (κ1) is 23.5. The molecule has 2 aromatic carbocycles. The third-order valence-corrected chi connectivity index (χ3v) is 4.98. The summed E-state index contributed by atoms with van der Waals surface area (Å²) in [7, 11) is 0. The molecule has 1 heterocycles. The Balaban J connectivity index is 1.71. The van der Waals surface area contributed by atoms with Gasteiger partial charge < -0.3 is 19.2 Å². The molecule has 32 heavy (non-hydrogen) atoms. The summed E-state index contributed by atoms with van der Waals surface area (Å²) in [5.74, 6) is -0.858. The molecule has 0 aliphatic rings. The van der Waals surface area contributed by atoms with Gasteiger partial charge in [0.25, 0.3) is 5.91 Å². The van der Waals surface area contributed by atoms with Crippen molar-refractivity contribution in [1.82, 2.24) is 0 Å². The van der Waals surface area contributed by atoms with E-state index in [-0.39, 0.29) is 24.0 Å². The fraction of sp³-hybridized carbons (Fsp3) is 0.261. The molecule has 0 radical (unpaired) electrons. The third kappa shape index (κ3) is 5.76. The predicted octanol–water partition coefficient (Wildman–Crippen LogP) is 6.94. The van der Waals surface area contributed by atoms with E-state index in [2.05, 4.69) is 10.1 Å². The van der Waals surface area contributed by atoms with E-state index in [1.54, 1.807) is 6.07 Å². The molecule has 0 atom stereocenters. The van der Waals surface area contributed by atoms with Gasteiger partial charge in [0, 0.05) is 11.1 Å². The minimum absolute atomic E-state index is 0.0599. The van der Waals surface area contributed by atoms with Gasteiger partial charge in [-0.3, -0.25) is 4.79 Å². The summed E-state index contributed by atoms with van der Waals surface area (Å²) in [6.45, 7) is 2.79. The van der Waals surface area contributed by atoms with E-state index in [4.69, 9.17) is 20.8 Å². The summed E-state index contributed by atoms with van der Waals surface area (Å²) in [5, 5.41) is 3.02. The number of anilines is 1. The number of hydrogen-bond acceptors (Lipinski definition) is 4. The highest BCUT2D eigenvalue weighted by atomic mass is 35.5. The molecule has 0 aliphatic heterocycles. The van der Waals surface area contributed by atoms with E-state index in [1.165, 1.54) is 6.07 Å². The Morgan fingerprint density at radius 1 is 1.12 bits per heavy atom. The maximum absolute atomic E-state index is 13.3. The SMILES string of the molecule is Cc1cc(OCc2ccc(C(=O)Nc3ccc(F)cc3OC(F)F)o2)c(C(C)C)cc1Cl. The highest BCUT2D eigenvalue weighted by molar-refractivity contribution is 6.31. The fourth-order valence-corrected chi connectivity index (χ4v) is 3.12. The third-order valence-electron chi connectivity index (χ3n) is 4.58. The number of amides is 1. The van der Waals surface area contributed by atoms with Crippen LogP contribution in [0.5, 0.6) is 11.5 Å². The second-order valence-corrected chi connectivity index (χ2v) is 7.73. The number of benzene rings is 2. The maximum atomic E-state index is 13.3. The molecule has 9 heteroatoms. The Labute approximate surface area is 188 Å². The Bertz CT molecular complexity index is 1110. The van der Waals surface area contributed by atoms with Crippen LogP contribution in [0.25, 0.3) is 0 Å². The van der Waals surface area contributed by atoms with Crippen LogP contribution < -0.4 is 14.8 Å². The average molecular weight is 468 g/mol. The van der Waals surface area contributed by atoms with Crippen molar-refractivity contribution < 1.29 is 31.9 Å². The van der Waals surface area contributed by atoms with E-state index >= 15 is 0 Å². The number of rotatable bonds is 8. The van der Waals surface area contributed by atoms with Crippen LogP contribution in [0, 0.1) is 12.7 Å². The quantitative estimate of drug-likeness (QED) is 0.390. The molecule has 0 bridgehead atoms. The van der Waals surface area contributed by atoms with Crippen molar-refractivity contribution in [3.8, 4) is 11.5 Å². The number of ether oxygens (including phenoxy) is 2. The van der Waals surface area contributed by atoms with Crippen molar-refractivity contribution in [3.63, 3.8) is 0 Å². The maximum Gasteiger partial charge on any atom is 0.387 e. The van der Waals surface area contributed by atoms with E-state index in [1.807, 2.05) is 32.9 Å². The molecule has 0 saturated heterocycles. The molecule has 1 amide bonds. The van der Waals surface area contributed by atoms with Crippen molar-refractivity contribution in [2.24, 2.45) is 0 Å². The second kappa shape index (κ2) is 9.99. The molecule has 1 N–H and O–H groups in total. The zero-order valence-corrected chi connectivity index (χ0v) is 18.3. The smallest absolute Gasteiger partial charge is 0.387 e. The lowest BCUT2D eigenvalue weighted by atomic mass is 10.0. The molecule has 170 valence electrons. The van der Waals surface area contributed by atoms with Gasteiger partial charge in [-0.2, -0.15) is 8.78 Å². The second-order valence-electron chi connectivity index (χ2n) is 7.32. The van der Waals surface area contributed by atoms with Crippen LogP contribution in [-0.2, 0) is 6.61 Å². The minimum Gasteiger partial charge on any atom is -0.485 e. The number of alkyl halides is 2. The number of aryl methyl sites for hydroxylation is 1. The van der Waals surface area contributed by atoms with E-state index in [0.717, 1.165) is 29.3 Å². The first-order chi connectivity index (χ1) is 15.1. The molecule has 0 saturated carbocycles. The summed E-state index contributed by atoms with van der Waals surface area (Å²) in [6.07, 6.45) is 0. The van der Waals surface area contributed by atoms with Crippen LogP contribution in [-0.4, -0.2) is 12.5 Å². The Morgan fingerprint density at radius 3 is 2.56 bits per heavy atom. The highest BCUT2D eigenvalue weighted by Gasteiger charge is 2.17. The van der Waals surface area contributed by atoms with Gasteiger partial charge in [0.05, 0.1) is 5.69 Å². The average Bonchev–Trinajstić information content (AvgIpc) is 3.19. The molecule has 0 aliphatic carbocycles. The van der Waals surface area contributed by atoms with Gasteiger partial charge in [0.1, 0.15) is 23.9 Å². The first-order valence-corrected chi connectivity index (χ1v) is 10.1. The number of hydrogen-bond donors (Lipinski definition) is 1. The van der Waals surface area contributed by atoms with Gasteiger partial charge >= 0.3 is 6.61 Å². The molecule has 3 rings (SSSR count). The lowest BCUT2D eigenvalue weighted by molar-refractivity contribution is -0.0495. The first-order valence-electron chi connectivity index (χ1n) is 9.71. The van der Waals surface area contributed by atoms with Crippen LogP contribution in [0.15, 0.2) is 46.9 Å². The lowest BCUT2D eigenvalue weighted by Crippen LogP contribution is -2.13. The molecule has 1 aromatic heterocycles. The fourth-order valence-electron chi connectivity index (χ4n) is 2.95. The van der Waals surface area contributed by atoms with Crippen LogP contribution in [0.4, 0.5) is 18.9 Å². The number of carbonyl (C=O) groups is 1. The van der Waals surface area contributed by atoms with Crippen molar-refractivity contribution in [1.29, 1.82) is 0 Å². The molecule has 0 fully saturated rings. The summed E-state index contributed by atoms with van der Waals surface area (Å²) in [4.78, 5) is 12.5. The normalized spacial score (nSPS) is 11.2. The van der Waals surface area contributed by atoms with Gasteiger partial charge in [0.2, 0.25) is 0 Å². The van der Waals surface area contributed by atoms with Crippen LogP contribution in [0.1, 0.15) is 47.2 Å². The van der Waals surface area contributed by atoms with E-state index in [9.17, 15) is 18.0 Å². The lowest BCUT2D eigenvalue weighted by Gasteiger charge is -2.15. The Kier molecular flexibility index (Phi) is 7.35. The number of furan rings is 1. The van der Waals surface area contributed by atoms with Crippen LogP contribution in [0.2, 0.25) is 5.02 Å². The topological polar surface area (TPSA) is 60.7 Å².